The minimum absolute atomic E-state index is 0.0963. The van der Waals surface area contributed by atoms with Gasteiger partial charge >= 0.3 is 0 Å². The van der Waals surface area contributed by atoms with E-state index in [9.17, 15) is 4.79 Å². The van der Waals surface area contributed by atoms with Crippen LogP contribution in [-0.4, -0.2) is 34.0 Å². The molecule has 0 aliphatic rings. The predicted octanol–water partition coefficient (Wildman–Crippen LogP) is 1.30. The van der Waals surface area contributed by atoms with Crippen molar-refractivity contribution in [1.82, 2.24) is 9.88 Å². The van der Waals surface area contributed by atoms with Crippen LogP contribution in [0.1, 0.15) is 16.1 Å². The molecule has 0 saturated heterocycles. The SMILES string of the molecule is Nc1cccc(C(=O)N(CCO)Cc2ccccc2)n1. The molecule has 0 fully saturated rings. The van der Waals surface area contributed by atoms with Crippen molar-refractivity contribution in [1.29, 1.82) is 0 Å². The first-order valence-electron chi connectivity index (χ1n) is 6.37. The molecular weight excluding hydrogens is 254 g/mol. The Bertz CT molecular complexity index is 572. The first kappa shape index (κ1) is 14.0. The van der Waals surface area contributed by atoms with Gasteiger partial charge in [-0.25, -0.2) is 4.98 Å². The Kier molecular flexibility index (Phi) is 4.68. The molecular formula is C15H17N3O2. The van der Waals surface area contributed by atoms with E-state index in [2.05, 4.69) is 4.98 Å². The van der Waals surface area contributed by atoms with Gasteiger partial charge in [-0.05, 0) is 17.7 Å². The first-order chi connectivity index (χ1) is 9.70. The fourth-order valence-electron chi connectivity index (χ4n) is 1.91. The van der Waals surface area contributed by atoms with Crippen molar-refractivity contribution in [2.24, 2.45) is 0 Å². The number of aliphatic hydroxyl groups is 1. The summed E-state index contributed by atoms with van der Waals surface area (Å²) in [5, 5.41) is 9.13. The lowest BCUT2D eigenvalue weighted by Crippen LogP contribution is -2.33. The molecule has 1 amide bonds. The van der Waals surface area contributed by atoms with Gasteiger partial charge in [-0.2, -0.15) is 0 Å². The molecule has 0 spiro atoms. The Morgan fingerprint density at radius 1 is 1.15 bits per heavy atom. The summed E-state index contributed by atoms with van der Waals surface area (Å²) in [6.45, 7) is 0.585. The maximum atomic E-state index is 12.4. The van der Waals surface area contributed by atoms with Crippen LogP contribution < -0.4 is 5.73 Å². The van der Waals surface area contributed by atoms with Crippen LogP contribution >= 0.6 is 0 Å². The number of carbonyl (C=O) groups excluding carboxylic acids is 1. The van der Waals surface area contributed by atoms with Crippen LogP contribution in [0.3, 0.4) is 0 Å². The van der Waals surface area contributed by atoms with Crippen molar-refractivity contribution in [2.45, 2.75) is 6.54 Å². The zero-order valence-corrected chi connectivity index (χ0v) is 11.1. The quantitative estimate of drug-likeness (QED) is 0.859. The average molecular weight is 271 g/mol. The van der Waals surface area contributed by atoms with E-state index in [1.807, 2.05) is 30.3 Å². The van der Waals surface area contributed by atoms with E-state index in [-0.39, 0.29) is 24.8 Å². The normalized spacial score (nSPS) is 10.2. The second kappa shape index (κ2) is 6.68. The molecule has 2 aromatic rings. The zero-order chi connectivity index (χ0) is 14.4. The summed E-state index contributed by atoms with van der Waals surface area (Å²) in [5.74, 6) is 0.0645. The largest absolute Gasteiger partial charge is 0.395 e. The van der Waals surface area contributed by atoms with Crippen LogP contribution in [0.15, 0.2) is 48.5 Å². The number of aromatic nitrogens is 1. The number of carbonyl (C=O) groups is 1. The number of pyridine rings is 1. The Hall–Kier alpha value is -2.40. The van der Waals surface area contributed by atoms with Crippen LogP contribution in [0.5, 0.6) is 0 Å². The Morgan fingerprint density at radius 2 is 1.90 bits per heavy atom. The molecule has 104 valence electrons. The fourth-order valence-corrected chi connectivity index (χ4v) is 1.91. The zero-order valence-electron chi connectivity index (χ0n) is 11.1. The summed E-state index contributed by atoms with van der Waals surface area (Å²) < 4.78 is 0. The molecule has 1 heterocycles. The number of nitrogens with two attached hydrogens (primary N) is 1. The molecule has 0 unspecified atom stereocenters. The molecule has 3 N–H and O–H groups in total. The molecule has 1 aromatic carbocycles. The van der Waals surface area contributed by atoms with Gasteiger partial charge in [-0.15, -0.1) is 0 Å². The number of hydrogen-bond donors (Lipinski definition) is 2. The highest BCUT2D eigenvalue weighted by atomic mass is 16.3. The topological polar surface area (TPSA) is 79.5 Å². The molecule has 5 heteroatoms. The Balaban J connectivity index is 2.18. The van der Waals surface area contributed by atoms with E-state index in [1.165, 1.54) is 0 Å². The standard InChI is InChI=1S/C15H17N3O2/c16-14-8-4-7-13(17-14)15(20)18(9-10-19)11-12-5-2-1-3-6-12/h1-8,19H,9-11H2,(H2,16,17). The molecule has 5 nitrogen and oxygen atoms in total. The van der Waals surface area contributed by atoms with Gasteiger partial charge in [0.25, 0.3) is 5.91 Å². The highest BCUT2D eigenvalue weighted by molar-refractivity contribution is 5.92. The molecule has 0 aliphatic heterocycles. The summed E-state index contributed by atoms with van der Waals surface area (Å²) >= 11 is 0. The van der Waals surface area contributed by atoms with Crippen molar-refractivity contribution < 1.29 is 9.90 Å². The number of nitrogens with zero attached hydrogens (tertiary/aromatic N) is 2. The number of anilines is 1. The van der Waals surface area contributed by atoms with E-state index in [4.69, 9.17) is 10.8 Å². The van der Waals surface area contributed by atoms with Gasteiger partial charge in [-0.3, -0.25) is 4.79 Å². The van der Waals surface area contributed by atoms with E-state index >= 15 is 0 Å². The van der Waals surface area contributed by atoms with Gasteiger partial charge in [0.1, 0.15) is 11.5 Å². The van der Waals surface area contributed by atoms with Crippen LogP contribution in [0, 0.1) is 0 Å². The minimum atomic E-state index is -0.241. The smallest absolute Gasteiger partial charge is 0.272 e. The van der Waals surface area contributed by atoms with Gasteiger partial charge in [0.05, 0.1) is 6.61 Å². The van der Waals surface area contributed by atoms with Gasteiger partial charge in [0, 0.05) is 13.1 Å². The summed E-state index contributed by atoms with van der Waals surface area (Å²) in [5.41, 5.74) is 6.88. The molecule has 0 saturated carbocycles. The van der Waals surface area contributed by atoms with Crippen molar-refractivity contribution in [3.8, 4) is 0 Å². The number of hydrogen-bond acceptors (Lipinski definition) is 4. The monoisotopic (exact) mass is 271 g/mol. The predicted molar refractivity (Wildman–Crippen MR) is 76.9 cm³/mol. The lowest BCUT2D eigenvalue weighted by molar-refractivity contribution is 0.0702. The summed E-state index contributed by atoms with van der Waals surface area (Å²) in [4.78, 5) is 18.0. The number of amides is 1. The summed E-state index contributed by atoms with van der Waals surface area (Å²) in [6, 6.07) is 14.6. The third-order valence-corrected chi connectivity index (χ3v) is 2.86. The third kappa shape index (κ3) is 3.55. The van der Waals surface area contributed by atoms with Crippen LogP contribution in [-0.2, 0) is 6.54 Å². The molecule has 1 aromatic heterocycles. The lowest BCUT2D eigenvalue weighted by atomic mass is 10.2. The minimum Gasteiger partial charge on any atom is -0.395 e. The number of benzene rings is 1. The van der Waals surface area contributed by atoms with Crippen LogP contribution in [0.25, 0.3) is 0 Å². The number of aliphatic hydroxyl groups excluding tert-OH is 1. The summed E-state index contributed by atoms with van der Waals surface area (Å²) in [6.07, 6.45) is 0. The van der Waals surface area contributed by atoms with E-state index < -0.39 is 0 Å². The van der Waals surface area contributed by atoms with Crippen molar-refractivity contribution in [3.63, 3.8) is 0 Å². The molecule has 2 rings (SSSR count). The van der Waals surface area contributed by atoms with Crippen molar-refractivity contribution in [3.05, 3.63) is 59.8 Å². The number of rotatable bonds is 5. The highest BCUT2D eigenvalue weighted by Gasteiger charge is 2.17. The molecule has 0 bridgehead atoms. The Morgan fingerprint density at radius 3 is 2.55 bits per heavy atom. The van der Waals surface area contributed by atoms with Gasteiger partial charge in [0.2, 0.25) is 0 Å². The highest BCUT2D eigenvalue weighted by Crippen LogP contribution is 2.09. The van der Waals surface area contributed by atoms with E-state index in [0.29, 0.717) is 12.4 Å². The summed E-state index contributed by atoms with van der Waals surface area (Å²) in [7, 11) is 0. The second-order valence-electron chi connectivity index (χ2n) is 4.38. The van der Waals surface area contributed by atoms with Crippen LogP contribution in [0.4, 0.5) is 5.82 Å². The van der Waals surface area contributed by atoms with Gasteiger partial charge in [-0.1, -0.05) is 36.4 Å². The molecule has 0 atom stereocenters. The maximum absolute atomic E-state index is 12.4. The van der Waals surface area contributed by atoms with Gasteiger partial charge < -0.3 is 15.7 Å². The molecule has 20 heavy (non-hydrogen) atoms. The fraction of sp³-hybridized carbons (Fsp3) is 0.200. The van der Waals surface area contributed by atoms with Crippen molar-refractivity contribution >= 4 is 11.7 Å². The lowest BCUT2D eigenvalue weighted by Gasteiger charge is -2.21. The van der Waals surface area contributed by atoms with Crippen LogP contribution in [0.2, 0.25) is 0 Å². The van der Waals surface area contributed by atoms with Gasteiger partial charge in [0.15, 0.2) is 0 Å². The maximum Gasteiger partial charge on any atom is 0.272 e. The first-order valence-corrected chi connectivity index (χ1v) is 6.37. The molecule has 0 aliphatic carbocycles. The Labute approximate surface area is 117 Å². The second-order valence-corrected chi connectivity index (χ2v) is 4.38. The van der Waals surface area contributed by atoms with Crippen molar-refractivity contribution in [2.75, 3.05) is 18.9 Å². The van der Waals surface area contributed by atoms with E-state index in [1.54, 1.807) is 23.1 Å². The average Bonchev–Trinajstić information content (AvgIpc) is 2.47. The molecule has 0 radical (unpaired) electrons. The van der Waals surface area contributed by atoms with E-state index in [0.717, 1.165) is 5.56 Å². The third-order valence-electron chi connectivity index (χ3n) is 2.86. The number of nitrogen functional groups attached to an aromatic ring is 1.